The Hall–Kier alpha value is -1.14. The Bertz CT molecular complexity index is 486. The van der Waals surface area contributed by atoms with Crippen molar-refractivity contribution in [3.8, 4) is 0 Å². The Morgan fingerprint density at radius 1 is 1.33 bits per heavy atom. The third-order valence-corrected chi connectivity index (χ3v) is 4.39. The molecule has 0 bridgehead atoms. The fourth-order valence-electron chi connectivity index (χ4n) is 2.13. The van der Waals surface area contributed by atoms with E-state index in [0.29, 0.717) is 13.0 Å². The van der Waals surface area contributed by atoms with E-state index in [0.717, 1.165) is 36.8 Å². The summed E-state index contributed by atoms with van der Waals surface area (Å²) in [6, 6.07) is 0. The van der Waals surface area contributed by atoms with Gasteiger partial charge in [0.1, 0.15) is 0 Å². The summed E-state index contributed by atoms with van der Waals surface area (Å²) in [5.41, 5.74) is 0.984. The summed E-state index contributed by atoms with van der Waals surface area (Å²) < 4.78 is 1.71. The molecule has 1 fully saturated rings. The van der Waals surface area contributed by atoms with Gasteiger partial charge in [-0.2, -0.15) is 0 Å². The Balaban J connectivity index is 1.94. The maximum Gasteiger partial charge on any atom is 0.307 e. The number of rotatable bonds is 3. The molecule has 1 aliphatic heterocycles. The third kappa shape index (κ3) is 2.81. The summed E-state index contributed by atoms with van der Waals surface area (Å²) in [5.74, 6) is 0.145. The molecule has 0 atom stereocenters. The second kappa shape index (κ2) is 5.67. The fourth-order valence-corrected chi connectivity index (χ4v) is 2.98. The monoisotopic (exact) mass is 269 g/mol. The Morgan fingerprint density at radius 2 is 2.00 bits per heavy atom. The number of aryl methyl sites for hydroxylation is 1. The van der Waals surface area contributed by atoms with Gasteiger partial charge in [-0.25, -0.2) is 0 Å². The number of nitrogens with zero attached hydrogens (tertiary/aromatic N) is 2. The van der Waals surface area contributed by atoms with Gasteiger partial charge >= 0.3 is 4.87 Å². The average Bonchev–Trinajstić information content (AvgIpc) is 2.62. The molecule has 5 nitrogen and oxygen atoms in total. The van der Waals surface area contributed by atoms with Crippen LogP contribution in [0.5, 0.6) is 0 Å². The van der Waals surface area contributed by atoms with Gasteiger partial charge in [-0.05, 0) is 13.8 Å². The Labute approximate surface area is 110 Å². The second-order valence-electron chi connectivity index (χ2n) is 4.54. The number of nitrogens with one attached hydrogen (secondary N) is 1. The Morgan fingerprint density at radius 3 is 2.56 bits per heavy atom. The molecule has 0 radical (unpaired) electrons. The van der Waals surface area contributed by atoms with Crippen LogP contribution >= 0.6 is 11.3 Å². The molecular weight excluding hydrogens is 250 g/mol. The van der Waals surface area contributed by atoms with Gasteiger partial charge in [0, 0.05) is 49.7 Å². The summed E-state index contributed by atoms with van der Waals surface area (Å²) in [6.07, 6.45) is 0.414. The van der Waals surface area contributed by atoms with Crippen molar-refractivity contribution in [1.29, 1.82) is 0 Å². The molecule has 0 saturated carbocycles. The van der Waals surface area contributed by atoms with Gasteiger partial charge in [-0.15, -0.1) is 0 Å². The van der Waals surface area contributed by atoms with Gasteiger partial charge in [0.15, 0.2) is 0 Å². The van der Waals surface area contributed by atoms with Crippen molar-refractivity contribution in [2.75, 3.05) is 26.2 Å². The maximum atomic E-state index is 12.0. The van der Waals surface area contributed by atoms with E-state index in [1.165, 1.54) is 11.3 Å². The van der Waals surface area contributed by atoms with Crippen LogP contribution in [0.3, 0.4) is 0 Å². The normalized spacial score (nSPS) is 16.0. The predicted octanol–water partition coefficient (Wildman–Crippen LogP) is 0.349. The van der Waals surface area contributed by atoms with Gasteiger partial charge in [0.25, 0.3) is 0 Å². The number of aromatic nitrogens is 1. The molecule has 1 amide bonds. The first-order valence-electron chi connectivity index (χ1n) is 6.25. The van der Waals surface area contributed by atoms with Crippen LogP contribution in [0.15, 0.2) is 4.79 Å². The van der Waals surface area contributed by atoms with E-state index < -0.39 is 0 Å². The third-order valence-electron chi connectivity index (χ3n) is 3.39. The number of carbonyl (C=O) groups excluding carboxylic acids is 1. The minimum Gasteiger partial charge on any atom is -0.340 e. The molecule has 0 aromatic carbocycles. The molecule has 1 aromatic rings. The van der Waals surface area contributed by atoms with E-state index in [4.69, 9.17) is 0 Å². The van der Waals surface area contributed by atoms with Gasteiger partial charge in [0.05, 0.1) is 0 Å². The highest BCUT2D eigenvalue weighted by Crippen LogP contribution is 2.10. The van der Waals surface area contributed by atoms with E-state index in [9.17, 15) is 9.59 Å². The average molecular weight is 269 g/mol. The molecule has 2 rings (SSSR count). The summed E-state index contributed by atoms with van der Waals surface area (Å²) in [5, 5.41) is 3.22. The van der Waals surface area contributed by atoms with Crippen LogP contribution in [0.4, 0.5) is 0 Å². The van der Waals surface area contributed by atoms with Crippen molar-refractivity contribution in [3.05, 3.63) is 20.2 Å². The molecule has 100 valence electrons. The highest BCUT2D eigenvalue weighted by atomic mass is 32.1. The molecule has 0 spiro atoms. The lowest BCUT2D eigenvalue weighted by Gasteiger charge is -2.27. The van der Waals surface area contributed by atoms with Crippen molar-refractivity contribution in [2.45, 2.75) is 26.8 Å². The van der Waals surface area contributed by atoms with Crippen LogP contribution < -0.4 is 10.2 Å². The number of amides is 1. The first-order valence-corrected chi connectivity index (χ1v) is 7.06. The molecule has 1 saturated heterocycles. The molecule has 6 heteroatoms. The smallest absolute Gasteiger partial charge is 0.307 e. The number of hydrogen-bond acceptors (Lipinski definition) is 4. The number of carbonyl (C=O) groups is 1. The maximum absolute atomic E-state index is 12.0. The van der Waals surface area contributed by atoms with Crippen molar-refractivity contribution in [3.63, 3.8) is 0 Å². The highest BCUT2D eigenvalue weighted by Gasteiger charge is 2.16. The minimum atomic E-state index is 0.0399. The largest absolute Gasteiger partial charge is 0.340 e. The van der Waals surface area contributed by atoms with Crippen LogP contribution in [0, 0.1) is 13.8 Å². The van der Waals surface area contributed by atoms with E-state index in [2.05, 4.69) is 5.32 Å². The van der Waals surface area contributed by atoms with E-state index in [-0.39, 0.29) is 10.8 Å². The molecule has 0 aliphatic carbocycles. The molecule has 0 unspecified atom stereocenters. The van der Waals surface area contributed by atoms with Crippen molar-refractivity contribution in [1.82, 2.24) is 14.8 Å². The Kier molecular flexibility index (Phi) is 4.19. The highest BCUT2D eigenvalue weighted by molar-refractivity contribution is 7.09. The topological polar surface area (TPSA) is 54.3 Å². The molecule has 1 aromatic heterocycles. The van der Waals surface area contributed by atoms with Crippen molar-refractivity contribution in [2.24, 2.45) is 0 Å². The van der Waals surface area contributed by atoms with E-state index in [1.54, 1.807) is 4.57 Å². The van der Waals surface area contributed by atoms with Crippen LogP contribution in [0.2, 0.25) is 0 Å². The standard InChI is InChI=1S/C12H19N3O2S/c1-9-10(2)18-12(17)15(9)6-3-11(16)14-7-4-13-5-8-14/h13H,3-8H2,1-2H3. The molecule has 2 heterocycles. The quantitative estimate of drug-likeness (QED) is 0.861. The molecule has 1 N–H and O–H groups in total. The van der Waals surface area contributed by atoms with Gasteiger partial charge in [-0.3, -0.25) is 9.59 Å². The summed E-state index contributed by atoms with van der Waals surface area (Å²) in [4.78, 5) is 26.6. The molecule has 18 heavy (non-hydrogen) atoms. The van der Waals surface area contributed by atoms with Crippen LogP contribution in [-0.4, -0.2) is 41.6 Å². The van der Waals surface area contributed by atoms with Crippen molar-refractivity contribution >= 4 is 17.2 Å². The first kappa shape index (κ1) is 13.3. The predicted molar refractivity (Wildman–Crippen MR) is 72.1 cm³/mol. The van der Waals surface area contributed by atoms with Gasteiger partial charge < -0.3 is 14.8 Å². The summed E-state index contributed by atoms with van der Waals surface area (Å²) >= 11 is 1.26. The second-order valence-corrected chi connectivity index (χ2v) is 5.71. The summed E-state index contributed by atoms with van der Waals surface area (Å²) in [6.45, 7) is 7.64. The minimum absolute atomic E-state index is 0.0399. The number of piperazine rings is 1. The first-order chi connectivity index (χ1) is 8.59. The lowest BCUT2D eigenvalue weighted by atomic mass is 10.3. The van der Waals surface area contributed by atoms with Crippen molar-refractivity contribution < 1.29 is 4.79 Å². The SMILES string of the molecule is Cc1sc(=O)n(CCC(=O)N2CCNCC2)c1C. The molecule has 1 aliphatic rings. The van der Waals surface area contributed by atoms with Crippen LogP contribution in [-0.2, 0) is 11.3 Å². The van der Waals surface area contributed by atoms with E-state index in [1.807, 2.05) is 18.7 Å². The number of hydrogen-bond donors (Lipinski definition) is 1. The zero-order chi connectivity index (χ0) is 13.1. The molecular formula is C12H19N3O2S. The zero-order valence-corrected chi connectivity index (χ0v) is 11.7. The van der Waals surface area contributed by atoms with Gasteiger partial charge in [-0.1, -0.05) is 11.3 Å². The number of thiazole rings is 1. The zero-order valence-electron chi connectivity index (χ0n) is 10.9. The van der Waals surface area contributed by atoms with Crippen LogP contribution in [0.25, 0.3) is 0 Å². The van der Waals surface area contributed by atoms with E-state index >= 15 is 0 Å². The lowest BCUT2D eigenvalue weighted by molar-refractivity contribution is -0.132. The van der Waals surface area contributed by atoms with Crippen LogP contribution in [0.1, 0.15) is 17.0 Å². The summed E-state index contributed by atoms with van der Waals surface area (Å²) in [7, 11) is 0. The lowest BCUT2D eigenvalue weighted by Crippen LogP contribution is -2.46. The fraction of sp³-hybridized carbons (Fsp3) is 0.667. The van der Waals surface area contributed by atoms with Gasteiger partial charge in [0.2, 0.25) is 5.91 Å².